The molecule has 0 bridgehead atoms. The summed E-state index contributed by atoms with van der Waals surface area (Å²) in [5.41, 5.74) is 1.28. The van der Waals surface area contributed by atoms with Crippen LogP contribution in [-0.4, -0.2) is 56.8 Å². The van der Waals surface area contributed by atoms with Crippen molar-refractivity contribution in [1.29, 1.82) is 0 Å². The molecule has 1 amide bonds. The minimum absolute atomic E-state index is 0.0602. The highest BCUT2D eigenvalue weighted by molar-refractivity contribution is 7.88. The number of rotatable bonds is 6. The molecule has 31 heavy (non-hydrogen) atoms. The standard InChI is InChI=1S/C22H23FN2O4S2/c1-29-14-17-20-18(23)8-5-9-19(20)30-21(17)22(26)24-10-12-25(13-11-24)31(27,28)15-16-6-3-2-4-7-16/h2-9H,10-15H2,1H3. The van der Waals surface area contributed by atoms with Crippen LogP contribution in [0, 0.1) is 5.82 Å². The number of fused-ring (bicyclic) bond motifs is 1. The first-order valence-electron chi connectivity index (χ1n) is 9.90. The van der Waals surface area contributed by atoms with Gasteiger partial charge in [-0.2, -0.15) is 4.31 Å². The third-order valence-electron chi connectivity index (χ3n) is 5.36. The van der Waals surface area contributed by atoms with Crippen molar-refractivity contribution in [3.8, 4) is 0 Å². The van der Waals surface area contributed by atoms with E-state index in [1.54, 1.807) is 29.2 Å². The summed E-state index contributed by atoms with van der Waals surface area (Å²) in [6.07, 6.45) is 0. The van der Waals surface area contributed by atoms with E-state index in [0.717, 1.165) is 5.56 Å². The molecule has 1 aromatic heterocycles. The Bertz CT molecular complexity index is 1190. The van der Waals surface area contributed by atoms with Crippen LogP contribution in [0.5, 0.6) is 0 Å². The molecule has 0 unspecified atom stereocenters. The van der Waals surface area contributed by atoms with Gasteiger partial charge in [0.15, 0.2) is 0 Å². The Kier molecular flexibility index (Phi) is 6.38. The van der Waals surface area contributed by atoms with Crippen molar-refractivity contribution in [3.63, 3.8) is 0 Å². The van der Waals surface area contributed by atoms with Gasteiger partial charge >= 0.3 is 0 Å². The van der Waals surface area contributed by atoms with E-state index in [9.17, 15) is 17.6 Å². The monoisotopic (exact) mass is 462 g/mol. The topological polar surface area (TPSA) is 66.9 Å². The van der Waals surface area contributed by atoms with E-state index < -0.39 is 10.0 Å². The second-order valence-electron chi connectivity index (χ2n) is 7.39. The Balaban J connectivity index is 1.50. The molecule has 1 fully saturated rings. The van der Waals surface area contributed by atoms with Crippen LogP contribution in [0.4, 0.5) is 4.39 Å². The number of benzene rings is 2. The molecule has 4 rings (SSSR count). The first-order chi connectivity index (χ1) is 14.9. The maximum Gasteiger partial charge on any atom is 0.264 e. The third kappa shape index (κ3) is 4.50. The van der Waals surface area contributed by atoms with E-state index in [1.807, 2.05) is 18.2 Å². The molecule has 9 heteroatoms. The number of thiophene rings is 1. The maximum atomic E-state index is 14.4. The molecule has 164 valence electrons. The molecule has 0 radical (unpaired) electrons. The second kappa shape index (κ2) is 9.04. The number of hydrogen-bond acceptors (Lipinski definition) is 5. The Morgan fingerprint density at radius 2 is 1.77 bits per heavy atom. The number of carbonyl (C=O) groups is 1. The van der Waals surface area contributed by atoms with Crippen molar-refractivity contribution in [3.05, 3.63) is 70.4 Å². The molecular formula is C22H23FN2O4S2. The van der Waals surface area contributed by atoms with Crippen molar-refractivity contribution >= 4 is 37.4 Å². The zero-order valence-electron chi connectivity index (χ0n) is 17.1. The van der Waals surface area contributed by atoms with E-state index in [-0.39, 0.29) is 50.3 Å². The fraction of sp³-hybridized carbons (Fsp3) is 0.318. The van der Waals surface area contributed by atoms with Gasteiger partial charge < -0.3 is 9.64 Å². The fourth-order valence-corrected chi connectivity index (χ4v) is 6.52. The highest BCUT2D eigenvalue weighted by Crippen LogP contribution is 2.34. The summed E-state index contributed by atoms with van der Waals surface area (Å²) in [5, 5.41) is 0.418. The molecule has 2 aromatic carbocycles. The van der Waals surface area contributed by atoms with Crippen LogP contribution in [0.1, 0.15) is 20.8 Å². The number of ether oxygens (including phenoxy) is 1. The van der Waals surface area contributed by atoms with Crippen LogP contribution in [0.2, 0.25) is 0 Å². The highest BCUT2D eigenvalue weighted by atomic mass is 32.2. The predicted molar refractivity (Wildman–Crippen MR) is 119 cm³/mol. The summed E-state index contributed by atoms with van der Waals surface area (Å²) in [6.45, 7) is 1.18. The van der Waals surface area contributed by atoms with Crippen molar-refractivity contribution in [1.82, 2.24) is 9.21 Å². The normalized spacial score (nSPS) is 15.5. The molecule has 0 atom stereocenters. The fourth-order valence-electron chi connectivity index (χ4n) is 3.81. The lowest BCUT2D eigenvalue weighted by Crippen LogP contribution is -2.50. The first-order valence-corrected chi connectivity index (χ1v) is 12.3. The Morgan fingerprint density at radius 3 is 2.45 bits per heavy atom. The minimum Gasteiger partial charge on any atom is -0.380 e. The average molecular weight is 463 g/mol. The van der Waals surface area contributed by atoms with Crippen molar-refractivity contribution in [2.45, 2.75) is 12.4 Å². The summed E-state index contributed by atoms with van der Waals surface area (Å²) in [6, 6.07) is 13.8. The Morgan fingerprint density at radius 1 is 1.06 bits per heavy atom. The molecule has 0 aliphatic carbocycles. The number of piperazine rings is 1. The van der Waals surface area contributed by atoms with Gasteiger partial charge in [-0.05, 0) is 17.7 Å². The van der Waals surface area contributed by atoms with Crippen LogP contribution < -0.4 is 0 Å². The minimum atomic E-state index is -3.46. The molecular weight excluding hydrogens is 439 g/mol. The number of amides is 1. The summed E-state index contributed by atoms with van der Waals surface area (Å²) in [7, 11) is -1.96. The lowest BCUT2D eigenvalue weighted by atomic mass is 10.1. The summed E-state index contributed by atoms with van der Waals surface area (Å²) >= 11 is 1.24. The van der Waals surface area contributed by atoms with Gasteiger partial charge in [-0.25, -0.2) is 12.8 Å². The van der Waals surface area contributed by atoms with Gasteiger partial charge in [-0.1, -0.05) is 36.4 Å². The highest BCUT2D eigenvalue weighted by Gasteiger charge is 2.31. The zero-order chi connectivity index (χ0) is 22.0. The Hall–Kier alpha value is -2.33. The number of sulfonamides is 1. The van der Waals surface area contributed by atoms with Crippen LogP contribution in [0.15, 0.2) is 48.5 Å². The number of hydrogen-bond donors (Lipinski definition) is 0. The van der Waals surface area contributed by atoms with Crippen LogP contribution in [0.3, 0.4) is 0 Å². The molecule has 1 aliphatic rings. The average Bonchev–Trinajstić information content (AvgIpc) is 3.14. The van der Waals surface area contributed by atoms with Gasteiger partial charge in [-0.15, -0.1) is 11.3 Å². The van der Waals surface area contributed by atoms with E-state index in [1.165, 1.54) is 28.8 Å². The number of carbonyl (C=O) groups excluding carboxylic acids is 1. The van der Waals surface area contributed by atoms with Crippen LogP contribution in [0.25, 0.3) is 10.1 Å². The van der Waals surface area contributed by atoms with Crippen molar-refractivity contribution in [2.75, 3.05) is 33.3 Å². The summed E-state index contributed by atoms with van der Waals surface area (Å²) in [4.78, 5) is 15.3. The van der Waals surface area contributed by atoms with E-state index >= 15 is 0 Å². The predicted octanol–water partition coefficient (Wildman–Crippen LogP) is 3.47. The number of halogens is 1. The maximum absolute atomic E-state index is 14.4. The van der Waals surface area contributed by atoms with Gasteiger partial charge in [0.05, 0.1) is 17.2 Å². The van der Waals surface area contributed by atoms with Crippen molar-refractivity contribution < 1.29 is 22.3 Å². The third-order valence-corrected chi connectivity index (χ3v) is 8.39. The van der Waals surface area contributed by atoms with Gasteiger partial charge in [0.1, 0.15) is 5.82 Å². The van der Waals surface area contributed by atoms with Gasteiger partial charge in [0.25, 0.3) is 5.91 Å². The molecule has 3 aromatic rings. The first kappa shape index (κ1) is 21.9. The van der Waals surface area contributed by atoms with Gasteiger partial charge in [-0.3, -0.25) is 4.79 Å². The van der Waals surface area contributed by atoms with E-state index in [4.69, 9.17) is 4.74 Å². The van der Waals surface area contributed by atoms with Crippen molar-refractivity contribution in [2.24, 2.45) is 0 Å². The number of methoxy groups -OCH3 is 1. The molecule has 0 N–H and O–H groups in total. The molecule has 2 heterocycles. The molecule has 1 aliphatic heterocycles. The summed E-state index contributed by atoms with van der Waals surface area (Å²) in [5.74, 6) is -0.653. The SMILES string of the molecule is COCc1c(C(=O)N2CCN(S(=O)(=O)Cc3ccccc3)CC2)sc2cccc(F)c12. The summed E-state index contributed by atoms with van der Waals surface area (Å²) < 4.78 is 47.3. The van der Waals surface area contributed by atoms with Crippen LogP contribution >= 0.6 is 11.3 Å². The zero-order valence-corrected chi connectivity index (χ0v) is 18.7. The lowest BCUT2D eigenvalue weighted by molar-refractivity contribution is 0.0698. The molecule has 0 saturated carbocycles. The van der Waals surface area contributed by atoms with Gasteiger partial charge in [0, 0.05) is 48.9 Å². The quantitative estimate of drug-likeness (QED) is 0.563. The number of nitrogens with zero attached hydrogens (tertiary/aromatic N) is 2. The van der Waals surface area contributed by atoms with E-state index in [2.05, 4.69) is 0 Å². The largest absolute Gasteiger partial charge is 0.380 e. The van der Waals surface area contributed by atoms with E-state index in [0.29, 0.717) is 20.5 Å². The molecule has 0 spiro atoms. The second-order valence-corrected chi connectivity index (χ2v) is 10.4. The lowest BCUT2D eigenvalue weighted by Gasteiger charge is -2.34. The smallest absolute Gasteiger partial charge is 0.264 e. The van der Waals surface area contributed by atoms with Gasteiger partial charge in [0.2, 0.25) is 10.0 Å². The molecule has 6 nitrogen and oxygen atoms in total. The molecule has 1 saturated heterocycles. The Labute approximate surface area is 184 Å². The van der Waals surface area contributed by atoms with Crippen LogP contribution in [-0.2, 0) is 27.1 Å².